The van der Waals surface area contributed by atoms with E-state index < -0.39 is 0 Å². The molecule has 0 bridgehead atoms. The van der Waals surface area contributed by atoms with E-state index in [1.165, 1.54) is 7.11 Å². The predicted molar refractivity (Wildman–Crippen MR) is 73.6 cm³/mol. The molecule has 1 aliphatic heterocycles. The molecule has 0 aromatic rings. The highest BCUT2D eigenvalue weighted by Crippen LogP contribution is 2.15. The molecule has 0 radical (unpaired) electrons. The lowest BCUT2D eigenvalue weighted by Gasteiger charge is -2.30. The summed E-state index contributed by atoms with van der Waals surface area (Å²) in [5, 5.41) is 3.26. The molecule has 1 fully saturated rings. The Morgan fingerprint density at radius 3 is 2.68 bits per heavy atom. The fourth-order valence-corrected chi connectivity index (χ4v) is 2.38. The van der Waals surface area contributed by atoms with Gasteiger partial charge in [-0.2, -0.15) is 0 Å². The highest BCUT2D eigenvalue weighted by Gasteiger charge is 2.26. The summed E-state index contributed by atoms with van der Waals surface area (Å²) >= 11 is 0. The minimum Gasteiger partial charge on any atom is -0.469 e. The quantitative estimate of drug-likeness (QED) is 0.733. The highest BCUT2D eigenvalue weighted by atomic mass is 16.5. The number of esters is 1. The van der Waals surface area contributed by atoms with Crippen LogP contribution in [-0.2, 0) is 14.3 Å². The van der Waals surface area contributed by atoms with Crippen LogP contribution in [0.15, 0.2) is 0 Å². The molecular weight excluding hydrogens is 244 g/mol. The van der Waals surface area contributed by atoms with Crippen LogP contribution in [0.5, 0.6) is 0 Å². The van der Waals surface area contributed by atoms with Crippen molar-refractivity contribution in [3.63, 3.8) is 0 Å². The van der Waals surface area contributed by atoms with Gasteiger partial charge in [0.25, 0.3) is 0 Å². The zero-order valence-electron chi connectivity index (χ0n) is 12.3. The maximum atomic E-state index is 12.5. The van der Waals surface area contributed by atoms with E-state index in [2.05, 4.69) is 23.9 Å². The first-order valence-electron chi connectivity index (χ1n) is 7.11. The lowest BCUT2D eigenvalue weighted by atomic mass is 9.97. The third-order valence-corrected chi connectivity index (χ3v) is 3.36. The molecule has 1 aliphatic rings. The Bertz CT molecular complexity index is 299. The third-order valence-electron chi connectivity index (χ3n) is 3.36. The standard InChI is InChI=1S/C14H26N2O3/c1-11(2)10-16(8-6-13(17)19-3)14(18)12-5-4-7-15-9-12/h11-12,15H,4-10H2,1-3H3/t12-/m0/s1. The van der Waals surface area contributed by atoms with Crippen LogP contribution in [0.4, 0.5) is 0 Å². The molecule has 0 saturated carbocycles. The molecule has 0 aliphatic carbocycles. The van der Waals surface area contributed by atoms with Crippen molar-refractivity contribution in [2.45, 2.75) is 33.1 Å². The zero-order chi connectivity index (χ0) is 14.3. The van der Waals surface area contributed by atoms with E-state index in [0.717, 1.165) is 25.9 Å². The van der Waals surface area contributed by atoms with Crippen molar-refractivity contribution in [1.29, 1.82) is 0 Å². The minimum atomic E-state index is -0.261. The molecule has 5 nitrogen and oxygen atoms in total. The second-order valence-corrected chi connectivity index (χ2v) is 5.55. The highest BCUT2D eigenvalue weighted by molar-refractivity contribution is 5.80. The van der Waals surface area contributed by atoms with Crippen molar-refractivity contribution in [2.24, 2.45) is 11.8 Å². The van der Waals surface area contributed by atoms with Gasteiger partial charge in [-0.15, -0.1) is 0 Å². The number of nitrogens with zero attached hydrogens (tertiary/aromatic N) is 1. The number of rotatable bonds is 6. The molecule has 5 heteroatoms. The average Bonchev–Trinajstić information content (AvgIpc) is 2.42. The van der Waals surface area contributed by atoms with E-state index in [9.17, 15) is 9.59 Å². The molecule has 0 aromatic carbocycles. The molecule has 1 amide bonds. The van der Waals surface area contributed by atoms with Crippen molar-refractivity contribution < 1.29 is 14.3 Å². The van der Waals surface area contributed by atoms with Gasteiger partial charge >= 0.3 is 5.97 Å². The molecule has 0 spiro atoms. The second kappa shape index (κ2) is 8.15. The molecule has 1 atom stereocenters. The van der Waals surface area contributed by atoms with E-state index >= 15 is 0 Å². The fraction of sp³-hybridized carbons (Fsp3) is 0.857. The van der Waals surface area contributed by atoms with Crippen LogP contribution in [0.3, 0.4) is 0 Å². The van der Waals surface area contributed by atoms with Crippen molar-refractivity contribution in [2.75, 3.05) is 33.3 Å². The van der Waals surface area contributed by atoms with Gasteiger partial charge in [-0.1, -0.05) is 13.8 Å². The fourth-order valence-electron chi connectivity index (χ4n) is 2.38. The number of ether oxygens (including phenoxy) is 1. The summed E-state index contributed by atoms with van der Waals surface area (Å²) in [6, 6.07) is 0. The number of hydrogen-bond donors (Lipinski definition) is 1. The number of hydrogen-bond acceptors (Lipinski definition) is 4. The summed E-state index contributed by atoms with van der Waals surface area (Å²) < 4.78 is 4.64. The van der Waals surface area contributed by atoms with Crippen molar-refractivity contribution in [1.82, 2.24) is 10.2 Å². The van der Waals surface area contributed by atoms with Gasteiger partial charge in [0.05, 0.1) is 19.4 Å². The molecule has 110 valence electrons. The first kappa shape index (κ1) is 16.0. The predicted octanol–water partition coefficient (Wildman–Crippen LogP) is 1.03. The van der Waals surface area contributed by atoms with Gasteiger partial charge in [0.1, 0.15) is 0 Å². The van der Waals surface area contributed by atoms with Crippen molar-refractivity contribution in [3.8, 4) is 0 Å². The van der Waals surface area contributed by atoms with Crippen LogP contribution in [0.2, 0.25) is 0 Å². The Balaban J connectivity index is 2.55. The first-order chi connectivity index (χ1) is 9.04. The lowest BCUT2D eigenvalue weighted by molar-refractivity contribution is -0.142. The SMILES string of the molecule is COC(=O)CCN(CC(C)C)C(=O)[C@H]1CCCNC1. The summed E-state index contributed by atoms with van der Waals surface area (Å²) in [7, 11) is 1.38. The molecular formula is C14H26N2O3. The van der Waals surface area contributed by atoms with Crippen molar-refractivity contribution in [3.05, 3.63) is 0 Å². The van der Waals surface area contributed by atoms with Crippen LogP contribution < -0.4 is 5.32 Å². The second-order valence-electron chi connectivity index (χ2n) is 5.55. The summed E-state index contributed by atoms with van der Waals surface area (Å²) in [4.78, 5) is 25.5. The summed E-state index contributed by atoms with van der Waals surface area (Å²) in [6.45, 7) is 7.07. The zero-order valence-corrected chi connectivity index (χ0v) is 12.3. The number of nitrogens with one attached hydrogen (secondary N) is 1. The monoisotopic (exact) mass is 270 g/mol. The molecule has 0 unspecified atom stereocenters. The van der Waals surface area contributed by atoms with Gasteiger partial charge in [0, 0.05) is 19.6 Å². The molecule has 0 aromatic heterocycles. The van der Waals surface area contributed by atoms with E-state index in [1.807, 2.05) is 4.90 Å². The number of piperidine rings is 1. The summed E-state index contributed by atoms with van der Waals surface area (Å²) in [5.41, 5.74) is 0. The topological polar surface area (TPSA) is 58.6 Å². The number of amides is 1. The smallest absolute Gasteiger partial charge is 0.307 e. The van der Waals surface area contributed by atoms with Gasteiger partial charge in [-0.25, -0.2) is 0 Å². The molecule has 1 heterocycles. The third kappa shape index (κ3) is 5.59. The first-order valence-corrected chi connectivity index (χ1v) is 7.11. The normalized spacial score (nSPS) is 19.3. The average molecular weight is 270 g/mol. The van der Waals surface area contributed by atoms with E-state index in [-0.39, 0.29) is 24.2 Å². The Kier molecular flexibility index (Phi) is 6.84. The van der Waals surface area contributed by atoms with Crippen LogP contribution in [0.25, 0.3) is 0 Å². The van der Waals surface area contributed by atoms with Crippen molar-refractivity contribution >= 4 is 11.9 Å². The Hall–Kier alpha value is -1.10. The molecule has 19 heavy (non-hydrogen) atoms. The lowest BCUT2D eigenvalue weighted by Crippen LogP contribution is -2.45. The van der Waals surface area contributed by atoms with Gasteiger partial charge in [0.2, 0.25) is 5.91 Å². The Labute approximate surface area is 115 Å². The summed E-state index contributed by atoms with van der Waals surface area (Å²) in [5.74, 6) is 0.372. The minimum absolute atomic E-state index is 0.0603. The van der Waals surface area contributed by atoms with Gasteiger partial charge in [0.15, 0.2) is 0 Å². The maximum absolute atomic E-state index is 12.5. The number of methoxy groups -OCH3 is 1. The van der Waals surface area contributed by atoms with Crippen LogP contribution in [-0.4, -0.2) is 50.1 Å². The largest absolute Gasteiger partial charge is 0.469 e. The Morgan fingerprint density at radius 1 is 1.42 bits per heavy atom. The van der Waals surface area contributed by atoms with Gasteiger partial charge < -0.3 is 15.0 Å². The van der Waals surface area contributed by atoms with Gasteiger partial charge in [-0.3, -0.25) is 9.59 Å². The van der Waals surface area contributed by atoms with Crippen LogP contribution in [0, 0.1) is 11.8 Å². The maximum Gasteiger partial charge on any atom is 0.307 e. The number of carbonyl (C=O) groups is 2. The van der Waals surface area contributed by atoms with Crippen LogP contribution >= 0.6 is 0 Å². The van der Waals surface area contributed by atoms with E-state index in [4.69, 9.17) is 0 Å². The van der Waals surface area contributed by atoms with Crippen LogP contribution in [0.1, 0.15) is 33.1 Å². The Morgan fingerprint density at radius 2 is 2.16 bits per heavy atom. The number of carbonyl (C=O) groups excluding carboxylic acids is 2. The van der Waals surface area contributed by atoms with Gasteiger partial charge in [-0.05, 0) is 25.3 Å². The summed E-state index contributed by atoms with van der Waals surface area (Å²) in [6.07, 6.45) is 2.26. The molecule has 1 saturated heterocycles. The molecule has 1 rings (SSSR count). The van der Waals surface area contributed by atoms with E-state index in [1.54, 1.807) is 0 Å². The van der Waals surface area contributed by atoms with E-state index in [0.29, 0.717) is 19.0 Å². The molecule has 1 N–H and O–H groups in total.